The fraction of sp³-hybridized carbons (Fsp3) is 0.238. The van der Waals surface area contributed by atoms with E-state index in [4.69, 9.17) is 0 Å². The highest BCUT2D eigenvalue weighted by atomic mass is 32.2. The number of nitrogens with zero attached hydrogens (tertiary/aromatic N) is 1. The van der Waals surface area contributed by atoms with Crippen LogP contribution in [-0.2, 0) is 21.4 Å². The van der Waals surface area contributed by atoms with Gasteiger partial charge in [-0.2, -0.15) is 0 Å². The van der Waals surface area contributed by atoms with Gasteiger partial charge in [0.1, 0.15) is 0 Å². The normalized spacial score (nSPS) is 11.3. The topological polar surface area (TPSA) is 97.3 Å². The van der Waals surface area contributed by atoms with E-state index in [1.807, 2.05) is 39.0 Å². The number of benzene rings is 2. The molecule has 1 heterocycles. The maximum absolute atomic E-state index is 12.7. The van der Waals surface area contributed by atoms with Crippen molar-refractivity contribution in [1.82, 2.24) is 4.57 Å². The van der Waals surface area contributed by atoms with Crippen molar-refractivity contribution < 1.29 is 13.2 Å². The molecular weight excluding hydrogens is 422 g/mol. The van der Waals surface area contributed by atoms with E-state index >= 15 is 0 Å². The van der Waals surface area contributed by atoms with Crippen LogP contribution in [0.4, 0.5) is 11.4 Å². The highest BCUT2D eigenvalue weighted by Gasteiger charge is 2.16. The minimum atomic E-state index is -3.75. The Kier molecular flexibility index (Phi) is 6.42. The molecule has 0 aliphatic carbocycles. The summed E-state index contributed by atoms with van der Waals surface area (Å²) in [5.74, 6) is -0.253. The van der Waals surface area contributed by atoms with Gasteiger partial charge in [-0.3, -0.25) is 14.3 Å². The number of thiazole rings is 1. The maximum atomic E-state index is 12.7. The van der Waals surface area contributed by atoms with Gasteiger partial charge in [0.05, 0.1) is 10.6 Å². The van der Waals surface area contributed by atoms with Gasteiger partial charge in [0.25, 0.3) is 10.0 Å². The van der Waals surface area contributed by atoms with Crippen LogP contribution >= 0.6 is 11.3 Å². The van der Waals surface area contributed by atoms with Crippen molar-refractivity contribution in [2.45, 2.75) is 38.6 Å². The molecule has 0 unspecified atom stereocenters. The molecule has 9 heteroatoms. The van der Waals surface area contributed by atoms with Crippen LogP contribution in [0.1, 0.15) is 23.2 Å². The molecule has 3 aromatic rings. The summed E-state index contributed by atoms with van der Waals surface area (Å²) in [5, 5.41) is 4.48. The van der Waals surface area contributed by atoms with E-state index in [2.05, 4.69) is 10.0 Å². The highest BCUT2D eigenvalue weighted by Crippen LogP contribution is 2.24. The molecule has 0 spiro atoms. The lowest BCUT2D eigenvalue weighted by Crippen LogP contribution is -2.20. The second-order valence-corrected chi connectivity index (χ2v) is 9.49. The Labute approximate surface area is 179 Å². The lowest BCUT2D eigenvalue weighted by molar-refractivity contribution is -0.116. The average Bonchev–Trinajstić information content (AvgIpc) is 3.01. The summed E-state index contributed by atoms with van der Waals surface area (Å²) in [4.78, 5) is 23.9. The first-order valence-electron chi connectivity index (χ1n) is 9.31. The molecule has 3 rings (SSSR count). The maximum Gasteiger partial charge on any atom is 0.307 e. The fourth-order valence-corrected chi connectivity index (χ4v) is 4.96. The number of nitrogens with one attached hydrogen (secondary N) is 2. The molecule has 30 heavy (non-hydrogen) atoms. The first-order valence-corrected chi connectivity index (χ1v) is 11.7. The minimum Gasteiger partial charge on any atom is -0.326 e. The molecule has 0 bridgehead atoms. The molecule has 2 N–H and O–H groups in total. The number of amides is 1. The van der Waals surface area contributed by atoms with Crippen LogP contribution in [0.15, 0.2) is 57.5 Å². The molecule has 1 amide bonds. The molecule has 7 nitrogen and oxygen atoms in total. The van der Waals surface area contributed by atoms with Crippen molar-refractivity contribution in [3.05, 3.63) is 74.3 Å². The number of carbonyl (C=O) groups is 1. The monoisotopic (exact) mass is 445 g/mol. The number of para-hydroxylation sites is 1. The van der Waals surface area contributed by atoms with Gasteiger partial charge in [-0.15, -0.1) is 0 Å². The first-order chi connectivity index (χ1) is 14.2. The summed E-state index contributed by atoms with van der Waals surface area (Å²) in [5.41, 5.74) is 3.54. The zero-order chi connectivity index (χ0) is 21.9. The van der Waals surface area contributed by atoms with Gasteiger partial charge in [0, 0.05) is 29.7 Å². The van der Waals surface area contributed by atoms with E-state index in [1.54, 1.807) is 22.1 Å². The number of hydrogen-bond donors (Lipinski definition) is 2. The van der Waals surface area contributed by atoms with Crippen molar-refractivity contribution in [1.29, 1.82) is 0 Å². The molecule has 0 fully saturated rings. The SMILES string of the molecule is Cc1cccc(C)c1NS(=O)(=O)c1ccc(NC(=O)CCn2c(C)csc2=O)cc1. The summed E-state index contributed by atoms with van der Waals surface area (Å²) in [6, 6.07) is 11.5. The van der Waals surface area contributed by atoms with Crippen LogP contribution < -0.4 is 14.9 Å². The molecule has 158 valence electrons. The Hall–Kier alpha value is -2.91. The summed E-state index contributed by atoms with van der Waals surface area (Å²) in [6.07, 6.45) is 0.144. The molecule has 0 saturated carbocycles. The van der Waals surface area contributed by atoms with Crippen LogP contribution in [-0.4, -0.2) is 18.9 Å². The lowest BCUT2D eigenvalue weighted by Gasteiger charge is -2.13. The van der Waals surface area contributed by atoms with E-state index in [0.29, 0.717) is 17.9 Å². The number of hydrogen-bond acceptors (Lipinski definition) is 5. The van der Waals surface area contributed by atoms with Gasteiger partial charge in [0.15, 0.2) is 0 Å². The van der Waals surface area contributed by atoms with Crippen molar-refractivity contribution in [2.24, 2.45) is 0 Å². The molecule has 1 aromatic heterocycles. The Morgan fingerprint density at radius 3 is 2.23 bits per heavy atom. The third-order valence-electron chi connectivity index (χ3n) is 4.70. The highest BCUT2D eigenvalue weighted by molar-refractivity contribution is 7.92. The summed E-state index contributed by atoms with van der Waals surface area (Å²) < 4.78 is 29.6. The number of carbonyl (C=O) groups excluding carboxylic acids is 1. The van der Waals surface area contributed by atoms with E-state index in [-0.39, 0.29) is 22.1 Å². The van der Waals surface area contributed by atoms with Gasteiger partial charge in [0.2, 0.25) is 5.91 Å². The Bertz CT molecular complexity index is 1210. The second kappa shape index (κ2) is 8.85. The summed E-state index contributed by atoms with van der Waals surface area (Å²) in [6.45, 7) is 5.80. The second-order valence-electron chi connectivity index (χ2n) is 6.99. The van der Waals surface area contributed by atoms with Gasteiger partial charge in [-0.25, -0.2) is 8.42 Å². The standard InChI is InChI=1S/C21H23N3O4S2/c1-14-5-4-6-15(2)20(14)23-30(27,28)18-9-7-17(8-10-18)22-19(25)11-12-24-16(3)13-29-21(24)26/h4-10,13,23H,11-12H2,1-3H3,(H,22,25). The molecule has 0 aliphatic heterocycles. The molecule has 0 aliphatic rings. The van der Waals surface area contributed by atoms with Gasteiger partial charge < -0.3 is 9.88 Å². The van der Waals surface area contributed by atoms with E-state index in [0.717, 1.165) is 28.2 Å². The minimum absolute atomic E-state index is 0.0914. The summed E-state index contributed by atoms with van der Waals surface area (Å²) >= 11 is 1.11. The van der Waals surface area contributed by atoms with Crippen molar-refractivity contribution in [3.63, 3.8) is 0 Å². The zero-order valence-electron chi connectivity index (χ0n) is 16.9. The fourth-order valence-electron chi connectivity index (χ4n) is 3.00. The quantitative estimate of drug-likeness (QED) is 0.580. The van der Waals surface area contributed by atoms with Crippen LogP contribution in [0.25, 0.3) is 0 Å². The molecule has 2 aromatic carbocycles. The van der Waals surface area contributed by atoms with E-state index < -0.39 is 10.0 Å². The Morgan fingerprint density at radius 2 is 1.67 bits per heavy atom. The van der Waals surface area contributed by atoms with Crippen LogP contribution in [0, 0.1) is 20.8 Å². The smallest absolute Gasteiger partial charge is 0.307 e. The predicted molar refractivity (Wildman–Crippen MR) is 120 cm³/mol. The predicted octanol–water partition coefficient (Wildman–Crippen LogP) is 3.66. The van der Waals surface area contributed by atoms with Crippen molar-refractivity contribution in [3.8, 4) is 0 Å². The average molecular weight is 446 g/mol. The van der Waals surface area contributed by atoms with Crippen LogP contribution in [0.5, 0.6) is 0 Å². The van der Waals surface area contributed by atoms with Gasteiger partial charge in [-0.1, -0.05) is 29.5 Å². The molecule has 0 radical (unpaired) electrons. The first kappa shape index (κ1) is 21.8. The molecular formula is C21H23N3O4S2. The van der Waals surface area contributed by atoms with Crippen molar-refractivity contribution >= 4 is 38.6 Å². The lowest BCUT2D eigenvalue weighted by atomic mass is 10.1. The van der Waals surface area contributed by atoms with E-state index in [1.165, 1.54) is 12.1 Å². The molecule has 0 atom stereocenters. The third-order valence-corrected chi connectivity index (χ3v) is 6.95. The number of anilines is 2. The van der Waals surface area contributed by atoms with Crippen LogP contribution in [0.3, 0.4) is 0 Å². The Balaban J connectivity index is 1.65. The number of sulfonamides is 1. The third kappa shape index (κ3) is 4.98. The summed E-state index contributed by atoms with van der Waals surface area (Å²) in [7, 11) is -3.75. The number of aryl methyl sites for hydroxylation is 3. The Morgan fingerprint density at radius 1 is 1.03 bits per heavy atom. The van der Waals surface area contributed by atoms with Gasteiger partial charge in [-0.05, 0) is 56.2 Å². The zero-order valence-corrected chi connectivity index (χ0v) is 18.6. The largest absolute Gasteiger partial charge is 0.326 e. The van der Waals surface area contributed by atoms with E-state index in [9.17, 15) is 18.0 Å². The van der Waals surface area contributed by atoms with Crippen molar-refractivity contribution in [2.75, 3.05) is 10.0 Å². The van der Waals surface area contributed by atoms with Gasteiger partial charge >= 0.3 is 4.87 Å². The number of aromatic nitrogens is 1. The number of rotatable bonds is 7. The van der Waals surface area contributed by atoms with Crippen LogP contribution in [0.2, 0.25) is 0 Å². The molecule has 0 saturated heterocycles.